The van der Waals surface area contributed by atoms with Crippen LogP contribution in [0.15, 0.2) is 24.3 Å². The minimum absolute atomic E-state index is 0.00872. The Kier molecular flexibility index (Phi) is 5.23. The molecule has 7 nitrogen and oxygen atoms in total. The third-order valence-corrected chi connectivity index (χ3v) is 4.52. The molecular weight excluding hydrogens is 320 g/mol. The van der Waals surface area contributed by atoms with E-state index in [4.69, 9.17) is 9.47 Å². The lowest BCUT2D eigenvalue weighted by atomic mass is 9.98. The van der Waals surface area contributed by atoms with E-state index in [1.165, 1.54) is 0 Å². The normalized spacial score (nSPS) is 18.0. The summed E-state index contributed by atoms with van der Waals surface area (Å²) in [4.78, 5) is 14.6. The highest BCUT2D eigenvalue weighted by molar-refractivity contribution is 5.92. The van der Waals surface area contributed by atoms with Gasteiger partial charge in [-0.3, -0.25) is 9.89 Å². The maximum absolute atomic E-state index is 12.4. The van der Waals surface area contributed by atoms with Crippen molar-refractivity contribution in [2.24, 2.45) is 5.92 Å². The number of hydrogen-bond donors (Lipinski definition) is 2. The molecule has 0 spiro atoms. The minimum atomic E-state index is 0.00872. The van der Waals surface area contributed by atoms with Crippen LogP contribution >= 0.6 is 0 Å². The number of aromatic amines is 1. The average molecular weight is 344 g/mol. The summed E-state index contributed by atoms with van der Waals surface area (Å²) < 4.78 is 10.6. The van der Waals surface area contributed by atoms with E-state index in [-0.39, 0.29) is 11.8 Å². The van der Waals surface area contributed by atoms with Crippen molar-refractivity contribution in [3.63, 3.8) is 0 Å². The van der Waals surface area contributed by atoms with Crippen LogP contribution < -0.4 is 14.8 Å². The van der Waals surface area contributed by atoms with Gasteiger partial charge in [-0.25, -0.2) is 0 Å². The highest BCUT2D eigenvalue weighted by atomic mass is 16.5. The molecule has 1 saturated heterocycles. The number of hydrogen-bond acceptors (Lipinski definition) is 5. The molecule has 1 aliphatic rings. The Labute approximate surface area is 147 Å². The second-order valence-electron chi connectivity index (χ2n) is 6.32. The van der Waals surface area contributed by atoms with Crippen LogP contribution in [-0.2, 0) is 4.79 Å². The molecule has 1 aromatic carbocycles. The zero-order valence-corrected chi connectivity index (χ0v) is 14.8. The molecule has 1 fully saturated rings. The van der Waals surface area contributed by atoms with Crippen molar-refractivity contribution in [3.8, 4) is 22.8 Å². The summed E-state index contributed by atoms with van der Waals surface area (Å²) in [6.45, 7) is 1.84. The van der Waals surface area contributed by atoms with Gasteiger partial charge in [0, 0.05) is 24.2 Å². The average Bonchev–Trinajstić information content (AvgIpc) is 3.09. The SMILES string of the molecule is COc1ccc(-c2cc(NC(=O)C3CCCN(C)C3)n[nH]2)c(OC)c1. The van der Waals surface area contributed by atoms with Gasteiger partial charge in [0.25, 0.3) is 0 Å². The Morgan fingerprint density at radius 2 is 2.16 bits per heavy atom. The molecule has 2 heterocycles. The van der Waals surface area contributed by atoms with E-state index >= 15 is 0 Å². The fourth-order valence-corrected chi connectivity index (χ4v) is 3.15. The molecule has 7 heteroatoms. The number of anilines is 1. The molecule has 0 saturated carbocycles. The number of methoxy groups -OCH3 is 2. The van der Waals surface area contributed by atoms with Gasteiger partial charge in [-0.1, -0.05) is 0 Å². The van der Waals surface area contributed by atoms with Crippen LogP contribution in [0, 0.1) is 5.92 Å². The monoisotopic (exact) mass is 344 g/mol. The molecule has 1 unspecified atom stereocenters. The quantitative estimate of drug-likeness (QED) is 0.870. The van der Waals surface area contributed by atoms with Gasteiger partial charge < -0.3 is 19.7 Å². The largest absolute Gasteiger partial charge is 0.497 e. The van der Waals surface area contributed by atoms with Crippen molar-refractivity contribution in [2.75, 3.05) is 39.7 Å². The smallest absolute Gasteiger partial charge is 0.229 e. The van der Waals surface area contributed by atoms with Crippen LogP contribution in [-0.4, -0.2) is 55.4 Å². The summed E-state index contributed by atoms with van der Waals surface area (Å²) in [7, 11) is 5.26. The Bertz CT molecular complexity index is 744. The van der Waals surface area contributed by atoms with Gasteiger partial charge in [-0.2, -0.15) is 5.10 Å². The number of nitrogens with one attached hydrogen (secondary N) is 2. The van der Waals surface area contributed by atoms with Crippen LogP contribution in [0.4, 0.5) is 5.82 Å². The Morgan fingerprint density at radius 3 is 2.88 bits per heavy atom. The lowest BCUT2D eigenvalue weighted by Crippen LogP contribution is -2.38. The number of piperidine rings is 1. The third kappa shape index (κ3) is 3.93. The number of aromatic nitrogens is 2. The number of H-pyrrole nitrogens is 1. The van der Waals surface area contributed by atoms with Crippen LogP contribution in [0.3, 0.4) is 0 Å². The highest BCUT2D eigenvalue weighted by Crippen LogP contribution is 2.33. The predicted octanol–water partition coefficient (Wildman–Crippen LogP) is 2.37. The van der Waals surface area contributed by atoms with Crippen LogP contribution in [0.25, 0.3) is 11.3 Å². The summed E-state index contributed by atoms with van der Waals surface area (Å²) >= 11 is 0. The van der Waals surface area contributed by atoms with Crippen molar-refractivity contribution in [3.05, 3.63) is 24.3 Å². The van der Waals surface area contributed by atoms with Gasteiger partial charge in [0.05, 0.1) is 25.8 Å². The first-order chi connectivity index (χ1) is 12.1. The number of nitrogens with zero attached hydrogens (tertiary/aromatic N) is 2. The second-order valence-corrected chi connectivity index (χ2v) is 6.32. The number of amides is 1. The van der Waals surface area contributed by atoms with Crippen molar-refractivity contribution in [1.82, 2.24) is 15.1 Å². The molecule has 2 aromatic rings. The number of ether oxygens (including phenoxy) is 2. The molecule has 1 amide bonds. The summed E-state index contributed by atoms with van der Waals surface area (Å²) in [6.07, 6.45) is 1.96. The van der Waals surface area contributed by atoms with Crippen LogP contribution in [0.1, 0.15) is 12.8 Å². The first kappa shape index (κ1) is 17.3. The minimum Gasteiger partial charge on any atom is -0.497 e. The molecule has 1 atom stereocenters. The van der Waals surface area contributed by atoms with Crippen molar-refractivity contribution in [1.29, 1.82) is 0 Å². The maximum Gasteiger partial charge on any atom is 0.229 e. The van der Waals surface area contributed by atoms with Gasteiger partial charge in [0.2, 0.25) is 5.91 Å². The highest BCUT2D eigenvalue weighted by Gasteiger charge is 2.24. The summed E-state index contributed by atoms with van der Waals surface area (Å²) in [5, 5.41) is 10.1. The van der Waals surface area contributed by atoms with E-state index in [0.717, 1.165) is 42.9 Å². The van der Waals surface area contributed by atoms with Gasteiger partial charge >= 0.3 is 0 Å². The number of likely N-dealkylation sites (tertiary alicyclic amines) is 1. The van der Waals surface area contributed by atoms with Gasteiger partial charge in [0.15, 0.2) is 5.82 Å². The van der Waals surface area contributed by atoms with Crippen molar-refractivity contribution in [2.45, 2.75) is 12.8 Å². The number of carbonyl (C=O) groups is 1. The zero-order valence-electron chi connectivity index (χ0n) is 14.8. The molecule has 1 aromatic heterocycles. The van der Waals surface area contributed by atoms with Crippen molar-refractivity contribution >= 4 is 11.7 Å². The molecule has 25 heavy (non-hydrogen) atoms. The van der Waals surface area contributed by atoms with Crippen LogP contribution in [0.2, 0.25) is 0 Å². The fourth-order valence-electron chi connectivity index (χ4n) is 3.15. The van der Waals surface area contributed by atoms with E-state index < -0.39 is 0 Å². The zero-order chi connectivity index (χ0) is 17.8. The molecule has 1 aliphatic heterocycles. The Balaban J connectivity index is 1.73. The van der Waals surface area contributed by atoms with E-state index in [1.807, 2.05) is 31.3 Å². The fraction of sp³-hybridized carbons (Fsp3) is 0.444. The molecule has 0 aliphatic carbocycles. The third-order valence-electron chi connectivity index (χ3n) is 4.52. The van der Waals surface area contributed by atoms with E-state index in [9.17, 15) is 4.79 Å². The Hall–Kier alpha value is -2.54. The standard InChI is InChI=1S/C18H24N4O3/c1-22-8-4-5-12(11-22)18(23)19-17-10-15(20-21-17)14-7-6-13(24-2)9-16(14)25-3/h6-7,9-10,12H,4-5,8,11H2,1-3H3,(H2,19,20,21,23). The van der Waals surface area contributed by atoms with Gasteiger partial charge in [-0.05, 0) is 38.6 Å². The molecule has 2 N–H and O–H groups in total. The van der Waals surface area contributed by atoms with Crippen LogP contribution in [0.5, 0.6) is 11.5 Å². The molecule has 0 radical (unpaired) electrons. The van der Waals surface area contributed by atoms with E-state index in [2.05, 4.69) is 20.4 Å². The number of carbonyl (C=O) groups excluding carboxylic acids is 1. The number of benzene rings is 1. The Morgan fingerprint density at radius 1 is 1.32 bits per heavy atom. The van der Waals surface area contributed by atoms with Crippen molar-refractivity contribution < 1.29 is 14.3 Å². The summed E-state index contributed by atoms with van der Waals surface area (Å²) in [6, 6.07) is 7.38. The van der Waals surface area contributed by atoms with Gasteiger partial charge in [0.1, 0.15) is 11.5 Å². The predicted molar refractivity (Wildman–Crippen MR) is 96.0 cm³/mol. The van der Waals surface area contributed by atoms with Gasteiger partial charge in [-0.15, -0.1) is 0 Å². The second kappa shape index (κ2) is 7.57. The summed E-state index contributed by atoms with van der Waals surface area (Å²) in [5.41, 5.74) is 1.63. The first-order valence-electron chi connectivity index (χ1n) is 8.38. The first-order valence-corrected chi connectivity index (χ1v) is 8.38. The topological polar surface area (TPSA) is 79.5 Å². The van der Waals surface area contributed by atoms with E-state index in [1.54, 1.807) is 14.2 Å². The summed E-state index contributed by atoms with van der Waals surface area (Å²) in [5.74, 6) is 1.94. The molecule has 0 bridgehead atoms. The molecular formula is C18H24N4O3. The molecule has 134 valence electrons. The van der Waals surface area contributed by atoms with E-state index in [0.29, 0.717) is 11.6 Å². The lowest BCUT2D eigenvalue weighted by molar-refractivity contribution is -0.121. The lowest BCUT2D eigenvalue weighted by Gasteiger charge is -2.28. The molecule has 3 rings (SSSR count). The number of rotatable bonds is 5. The maximum atomic E-state index is 12.4.